The van der Waals surface area contributed by atoms with E-state index in [9.17, 15) is 13.2 Å². The summed E-state index contributed by atoms with van der Waals surface area (Å²) in [5.74, 6) is -0.0951. The van der Waals surface area contributed by atoms with Crippen molar-refractivity contribution in [1.29, 1.82) is 0 Å². The van der Waals surface area contributed by atoms with Gasteiger partial charge in [0.2, 0.25) is 0 Å². The fourth-order valence-corrected chi connectivity index (χ4v) is 4.68. The van der Waals surface area contributed by atoms with Crippen LogP contribution in [0.15, 0.2) is 83.8 Å². The first-order valence-electron chi connectivity index (χ1n) is 9.90. The topological polar surface area (TPSA) is 69.7 Å². The number of nitrogens with one attached hydrogen (secondary N) is 1. The molecule has 1 N–H and O–H groups in total. The Morgan fingerprint density at radius 2 is 1.42 bits per heavy atom. The van der Waals surface area contributed by atoms with Gasteiger partial charge in [-0.2, -0.15) is 0 Å². The number of carbonyl (C=O) groups excluding carboxylic acids is 1. The van der Waals surface area contributed by atoms with Crippen molar-refractivity contribution >= 4 is 38.9 Å². The Labute approximate surface area is 187 Å². The lowest BCUT2D eigenvalue weighted by molar-refractivity contribution is 0.0746. The minimum Gasteiger partial charge on any atom is -0.368 e. The summed E-state index contributed by atoms with van der Waals surface area (Å²) < 4.78 is 27.7. The number of piperazine rings is 1. The minimum atomic E-state index is -3.76. The maximum absolute atomic E-state index is 12.9. The Morgan fingerprint density at radius 1 is 0.806 bits per heavy atom. The van der Waals surface area contributed by atoms with E-state index < -0.39 is 10.0 Å². The van der Waals surface area contributed by atoms with Crippen molar-refractivity contribution in [2.24, 2.45) is 0 Å². The molecule has 0 aromatic heterocycles. The summed E-state index contributed by atoms with van der Waals surface area (Å²) in [4.78, 5) is 17.0. The average molecular weight is 456 g/mol. The van der Waals surface area contributed by atoms with E-state index in [1.807, 2.05) is 18.2 Å². The highest BCUT2D eigenvalue weighted by molar-refractivity contribution is 7.92. The van der Waals surface area contributed by atoms with E-state index in [0.717, 1.165) is 18.8 Å². The molecular weight excluding hydrogens is 434 g/mol. The zero-order chi connectivity index (χ0) is 21.8. The van der Waals surface area contributed by atoms with E-state index in [4.69, 9.17) is 11.6 Å². The molecule has 31 heavy (non-hydrogen) atoms. The predicted molar refractivity (Wildman–Crippen MR) is 123 cm³/mol. The monoisotopic (exact) mass is 455 g/mol. The van der Waals surface area contributed by atoms with Gasteiger partial charge in [0, 0.05) is 48.1 Å². The van der Waals surface area contributed by atoms with Gasteiger partial charge in [0.1, 0.15) is 0 Å². The number of amides is 1. The highest BCUT2D eigenvalue weighted by atomic mass is 35.5. The molecular formula is C23H22ClN3O3S. The van der Waals surface area contributed by atoms with Gasteiger partial charge in [-0.1, -0.05) is 29.8 Å². The van der Waals surface area contributed by atoms with Crippen LogP contribution < -0.4 is 9.62 Å². The van der Waals surface area contributed by atoms with E-state index in [1.165, 1.54) is 12.1 Å². The molecule has 0 saturated carbocycles. The van der Waals surface area contributed by atoms with E-state index in [0.29, 0.717) is 29.4 Å². The van der Waals surface area contributed by atoms with Gasteiger partial charge in [0.15, 0.2) is 0 Å². The molecule has 0 aliphatic carbocycles. The molecule has 0 unspecified atom stereocenters. The Hall–Kier alpha value is -3.03. The first-order chi connectivity index (χ1) is 14.9. The first-order valence-corrected chi connectivity index (χ1v) is 11.8. The number of carbonyl (C=O) groups is 1. The van der Waals surface area contributed by atoms with E-state index >= 15 is 0 Å². The normalized spacial score (nSPS) is 14.4. The summed E-state index contributed by atoms with van der Waals surface area (Å²) in [7, 11) is -3.76. The van der Waals surface area contributed by atoms with Crippen molar-refractivity contribution in [3.8, 4) is 0 Å². The third-order valence-electron chi connectivity index (χ3n) is 5.20. The quantitative estimate of drug-likeness (QED) is 0.628. The fraction of sp³-hybridized carbons (Fsp3) is 0.174. The van der Waals surface area contributed by atoms with Crippen LogP contribution in [0.3, 0.4) is 0 Å². The molecule has 1 aliphatic heterocycles. The van der Waals surface area contributed by atoms with Crippen LogP contribution in [-0.4, -0.2) is 45.4 Å². The molecule has 6 nitrogen and oxygen atoms in total. The molecule has 8 heteroatoms. The molecule has 3 aromatic carbocycles. The van der Waals surface area contributed by atoms with Crippen LogP contribution >= 0.6 is 11.6 Å². The summed E-state index contributed by atoms with van der Waals surface area (Å²) in [6.45, 7) is 2.75. The molecule has 1 aliphatic rings. The Bertz CT molecular complexity index is 1140. The van der Waals surface area contributed by atoms with Gasteiger partial charge in [0.05, 0.1) is 4.90 Å². The number of halogens is 1. The van der Waals surface area contributed by atoms with Crippen molar-refractivity contribution in [1.82, 2.24) is 4.90 Å². The van der Waals surface area contributed by atoms with Crippen molar-refractivity contribution in [3.63, 3.8) is 0 Å². The van der Waals surface area contributed by atoms with Crippen LogP contribution in [0.4, 0.5) is 11.4 Å². The smallest absolute Gasteiger partial charge is 0.261 e. The van der Waals surface area contributed by atoms with Crippen LogP contribution in [0.25, 0.3) is 0 Å². The molecule has 4 rings (SSSR count). The number of anilines is 2. The van der Waals surface area contributed by atoms with Gasteiger partial charge < -0.3 is 9.80 Å². The highest BCUT2D eigenvalue weighted by Crippen LogP contribution is 2.20. The molecule has 0 radical (unpaired) electrons. The molecule has 0 bridgehead atoms. The zero-order valence-corrected chi connectivity index (χ0v) is 18.3. The Kier molecular flexibility index (Phi) is 6.15. The minimum absolute atomic E-state index is 0.0906. The van der Waals surface area contributed by atoms with Gasteiger partial charge in [-0.25, -0.2) is 8.42 Å². The second-order valence-corrected chi connectivity index (χ2v) is 9.37. The lowest BCUT2D eigenvalue weighted by atomic mass is 10.1. The SMILES string of the molecule is O=C(c1ccc(S(=O)(=O)Nc2ccc(Cl)cc2)cc1)N1CCN(c2ccccc2)CC1. The van der Waals surface area contributed by atoms with Gasteiger partial charge in [0.25, 0.3) is 15.9 Å². The van der Waals surface area contributed by atoms with Crippen LogP contribution in [0, 0.1) is 0 Å². The highest BCUT2D eigenvalue weighted by Gasteiger charge is 2.23. The summed E-state index contributed by atoms with van der Waals surface area (Å²) >= 11 is 5.83. The van der Waals surface area contributed by atoms with Gasteiger partial charge >= 0.3 is 0 Å². The number of benzene rings is 3. The van der Waals surface area contributed by atoms with Crippen LogP contribution in [0.2, 0.25) is 5.02 Å². The number of hydrogen-bond acceptors (Lipinski definition) is 4. The maximum Gasteiger partial charge on any atom is 0.261 e. The summed E-state index contributed by atoms with van der Waals surface area (Å²) in [5, 5.41) is 0.524. The molecule has 1 amide bonds. The van der Waals surface area contributed by atoms with Crippen molar-refractivity contribution < 1.29 is 13.2 Å². The second kappa shape index (κ2) is 8.99. The van der Waals surface area contributed by atoms with Crippen molar-refractivity contribution in [2.75, 3.05) is 35.8 Å². The molecule has 1 saturated heterocycles. The van der Waals surface area contributed by atoms with Gasteiger partial charge in [-0.15, -0.1) is 0 Å². The number of para-hydroxylation sites is 1. The second-order valence-electron chi connectivity index (χ2n) is 7.25. The third-order valence-corrected chi connectivity index (χ3v) is 6.85. The van der Waals surface area contributed by atoms with Crippen LogP contribution in [0.5, 0.6) is 0 Å². The molecule has 0 atom stereocenters. The Balaban J connectivity index is 1.39. The maximum atomic E-state index is 12.9. The van der Waals surface area contributed by atoms with Crippen LogP contribution in [0.1, 0.15) is 10.4 Å². The van der Waals surface area contributed by atoms with Crippen molar-refractivity contribution in [3.05, 3.63) is 89.4 Å². The van der Waals surface area contributed by atoms with E-state index in [-0.39, 0.29) is 10.8 Å². The largest absolute Gasteiger partial charge is 0.368 e. The third kappa shape index (κ3) is 5.00. The van der Waals surface area contributed by atoms with Crippen LogP contribution in [-0.2, 0) is 10.0 Å². The Morgan fingerprint density at radius 3 is 2.03 bits per heavy atom. The fourth-order valence-electron chi connectivity index (χ4n) is 3.50. The van der Waals surface area contributed by atoms with Gasteiger partial charge in [-0.3, -0.25) is 9.52 Å². The van der Waals surface area contributed by atoms with Gasteiger partial charge in [-0.05, 0) is 60.7 Å². The number of hydrogen-bond donors (Lipinski definition) is 1. The number of sulfonamides is 1. The number of nitrogens with zero attached hydrogens (tertiary/aromatic N) is 2. The summed E-state index contributed by atoms with van der Waals surface area (Å²) in [5.41, 5.74) is 2.04. The standard InChI is InChI=1S/C23H22ClN3O3S/c24-19-8-10-20(11-9-19)25-31(29,30)22-12-6-18(7-13-22)23(28)27-16-14-26(15-17-27)21-4-2-1-3-5-21/h1-13,25H,14-17H2. The summed E-state index contributed by atoms with van der Waals surface area (Å²) in [6, 6.07) is 22.5. The predicted octanol–water partition coefficient (Wildman–Crippen LogP) is 4.10. The lowest BCUT2D eigenvalue weighted by Crippen LogP contribution is -2.48. The van der Waals surface area contributed by atoms with Crippen molar-refractivity contribution in [2.45, 2.75) is 4.90 Å². The first kappa shape index (κ1) is 21.2. The lowest BCUT2D eigenvalue weighted by Gasteiger charge is -2.36. The molecule has 1 heterocycles. The van der Waals surface area contributed by atoms with E-state index in [2.05, 4.69) is 21.8 Å². The number of rotatable bonds is 5. The molecule has 160 valence electrons. The molecule has 0 spiro atoms. The zero-order valence-electron chi connectivity index (χ0n) is 16.7. The molecule has 3 aromatic rings. The molecule has 1 fully saturated rings. The average Bonchev–Trinajstić information content (AvgIpc) is 2.81. The summed E-state index contributed by atoms with van der Waals surface area (Å²) in [6.07, 6.45) is 0. The van der Waals surface area contributed by atoms with E-state index in [1.54, 1.807) is 41.3 Å².